The molecule has 5 heteroatoms. The average Bonchev–Trinajstić information content (AvgIpc) is 2.74. The van der Waals surface area contributed by atoms with E-state index in [0.29, 0.717) is 19.0 Å². The zero-order chi connectivity index (χ0) is 22.2. The van der Waals surface area contributed by atoms with Gasteiger partial charge in [0.1, 0.15) is 0 Å². The van der Waals surface area contributed by atoms with Crippen LogP contribution >= 0.6 is 0 Å². The minimum Gasteiger partial charge on any atom is -0.376 e. The zero-order valence-corrected chi connectivity index (χ0v) is 19.6. The fourth-order valence-corrected chi connectivity index (χ4v) is 4.20. The molecule has 0 saturated carbocycles. The van der Waals surface area contributed by atoms with Crippen LogP contribution in [0.3, 0.4) is 0 Å². The maximum atomic E-state index is 13.1. The Bertz CT molecular complexity index is 835. The van der Waals surface area contributed by atoms with Gasteiger partial charge in [0, 0.05) is 45.0 Å². The van der Waals surface area contributed by atoms with Crippen molar-refractivity contribution >= 4 is 11.6 Å². The monoisotopic (exact) mass is 422 g/mol. The van der Waals surface area contributed by atoms with Crippen molar-refractivity contribution in [2.75, 3.05) is 52.1 Å². The Labute approximate surface area is 188 Å². The minimum absolute atomic E-state index is 0.139. The first-order valence-electron chi connectivity index (χ1n) is 11.5. The van der Waals surface area contributed by atoms with Crippen LogP contribution in [0.15, 0.2) is 48.5 Å². The lowest BCUT2D eigenvalue weighted by Gasteiger charge is -2.31. The highest BCUT2D eigenvalue weighted by molar-refractivity contribution is 5.81. The van der Waals surface area contributed by atoms with Gasteiger partial charge >= 0.3 is 0 Å². The Hall–Kier alpha value is -2.37. The van der Waals surface area contributed by atoms with Crippen LogP contribution in [-0.4, -0.2) is 67.4 Å². The second-order valence-electron chi connectivity index (χ2n) is 9.28. The standard InChI is InChI=1S/C26H38N4O/c1-21(2)18-29-14-13-24-23(20-29)11-8-12-25(24)27-17-26(31)30(16-15-28(3)4)19-22-9-6-5-7-10-22/h5-12,21,27H,13-20H2,1-4H3. The summed E-state index contributed by atoms with van der Waals surface area (Å²) in [5.41, 5.74) is 5.04. The molecule has 3 rings (SSSR count). The molecule has 0 fully saturated rings. The molecule has 0 bridgehead atoms. The van der Waals surface area contributed by atoms with Crippen LogP contribution in [-0.2, 0) is 24.3 Å². The first-order valence-corrected chi connectivity index (χ1v) is 11.5. The number of likely N-dealkylation sites (N-methyl/N-ethyl adjacent to an activating group) is 1. The first kappa shape index (κ1) is 23.3. The van der Waals surface area contributed by atoms with Gasteiger partial charge in [-0.3, -0.25) is 9.69 Å². The second-order valence-corrected chi connectivity index (χ2v) is 9.28. The topological polar surface area (TPSA) is 38.8 Å². The third-order valence-electron chi connectivity index (χ3n) is 5.78. The summed E-state index contributed by atoms with van der Waals surface area (Å²) in [6, 6.07) is 16.7. The van der Waals surface area contributed by atoms with E-state index >= 15 is 0 Å². The summed E-state index contributed by atoms with van der Waals surface area (Å²) in [6.07, 6.45) is 1.04. The number of hydrogen-bond donors (Lipinski definition) is 1. The molecule has 1 aliphatic rings. The number of benzene rings is 2. The predicted octanol–water partition coefficient (Wildman–Crippen LogP) is 3.70. The highest BCUT2D eigenvalue weighted by atomic mass is 16.2. The molecule has 168 valence electrons. The molecule has 0 spiro atoms. The summed E-state index contributed by atoms with van der Waals surface area (Å²) in [5.74, 6) is 0.818. The molecule has 0 atom stereocenters. The van der Waals surface area contributed by atoms with Crippen LogP contribution < -0.4 is 5.32 Å². The first-order chi connectivity index (χ1) is 14.9. The van der Waals surface area contributed by atoms with Gasteiger partial charge < -0.3 is 15.1 Å². The number of nitrogens with zero attached hydrogens (tertiary/aromatic N) is 3. The van der Waals surface area contributed by atoms with E-state index in [1.165, 1.54) is 11.1 Å². The lowest BCUT2D eigenvalue weighted by atomic mass is 9.97. The lowest BCUT2D eigenvalue weighted by molar-refractivity contribution is -0.130. The molecule has 1 N–H and O–H groups in total. The van der Waals surface area contributed by atoms with Crippen molar-refractivity contribution in [2.24, 2.45) is 5.92 Å². The summed E-state index contributed by atoms with van der Waals surface area (Å²) in [6.45, 7) is 10.3. The number of anilines is 1. The van der Waals surface area contributed by atoms with Crippen molar-refractivity contribution in [3.63, 3.8) is 0 Å². The summed E-state index contributed by atoms with van der Waals surface area (Å²) in [7, 11) is 4.09. The quantitative estimate of drug-likeness (QED) is 0.634. The van der Waals surface area contributed by atoms with Gasteiger partial charge in [0.15, 0.2) is 0 Å². The molecule has 2 aromatic carbocycles. The molecule has 2 aromatic rings. The van der Waals surface area contributed by atoms with Gasteiger partial charge in [-0.15, -0.1) is 0 Å². The second kappa shape index (κ2) is 11.3. The summed E-state index contributed by atoms with van der Waals surface area (Å²) in [5, 5.41) is 3.46. The van der Waals surface area contributed by atoms with E-state index in [1.807, 2.05) is 37.2 Å². The van der Waals surface area contributed by atoms with Crippen LogP contribution in [0.5, 0.6) is 0 Å². The normalized spacial score (nSPS) is 14.0. The number of fused-ring (bicyclic) bond motifs is 1. The number of carbonyl (C=O) groups excluding carboxylic acids is 1. The molecule has 0 aromatic heterocycles. The Kier molecular flexibility index (Phi) is 8.50. The number of hydrogen-bond acceptors (Lipinski definition) is 4. The average molecular weight is 423 g/mol. The fraction of sp³-hybridized carbons (Fsp3) is 0.500. The Morgan fingerprint density at radius 3 is 2.55 bits per heavy atom. The van der Waals surface area contributed by atoms with E-state index in [-0.39, 0.29) is 5.91 Å². The summed E-state index contributed by atoms with van der Waals surface area (Å²) in [4.78, 5) is 19.7. The molecule has 31 heavy (non-hydrogen) atoms. The number of rotatable bonds is 10. The van der Waals surface area contributed by atoms with E-state index < -0.39 is 0 Å². The minimum atomic E-state index is 0.139. The molecule has 1 heterocycles. The molecule has 0 aliphatic carbocycles. The van der Waals surface area contributed by atoms with Crippen LogP contribution in [0, 0.1) is 5.92 Å². The molecular formula is C26H38N4O. The van der Waals surface area contributed by atoms with Crippen molar-refractivity contribution in [1.29, 1.82) is 0 Å². The van der Waals surface area contributed by atoms with Gasteiger partial charge in [-0.2, -0.15) is 0 Å². The Morgan fingerprint density at radius 2 is 1.84 bits per heavy atom. The summed E-state index contributed by atoms with van der Waals surface area (Å²) >= 11 is 0. The highest BCUT2D eigenvalue weighted by Crippen LogP contribution is 2.26. The molecular weight excluding hydrogens is 384 g/mol. The van der Waals surface area contributed by atoms with E-state index in [4.69, 9.17) is 0 Å². The molecule has 5 nitrogen and oxygen atoms in total. The Morgan fingerprint density at radius 1 is 1.06 bits per heavy atom. The molecule has 1 aliphatic heterocycles. The van der Waals surface area contributed by atoms with Crippen LogP contribution in [0.4, 0.5) is 5.69 Å². The maximum absolute atomic E-state index is 13.1. The predicted molar refractivity (Wildman–Crippen MR) is 129 cm³/mol. The van der Waals surface area contributed by atoms with Crippen LogP contribution in [0.25, 0.3) is 0 Å². The maximum Gasteiger partial charge on any atom is 0.242 e. The van der Waals surface area contributed by atoms with Crippen LogP contribution in [0.2, 0.25) is 0 Å². The molecule has 0 saturated heterocycles. The van der Waals surface area contributed by atoms with E-state index in [0.717, 1.165) is 50.4 Å². The van der Waals surface area contributed by atoms with Gasteiger partial charge in [-0.1, -0.05) is 56.3 Å². The molecule has 0 unspecified atom stereocenters. The lowest BCUT2D eigenvalue weighted by Crippen LogP contribution is -2.39. The number of carbonyl (C=O) groups is 1. The van der Waals surface area contributed by atoms with Crippen molar-refractivity contribution in [1.82, 2.24) is 14.7 Å². The molecule has 1 amide bonds. The van der Waals surface area contributed by atoms with Gasteiger partial charge in [0.25, 0.3) is 0 Å². The van der Waals surface area contributed by atoms with Gasteiger partial charge in [0.05, 0.1) is 6.54 Å². The summed E-state index contributed by atoms with van der Waals surface area (Å²) < 4.78 is 0. The van der Waals surface area contributed by atoms with Crippen LogP contribution in [0.1, 0.15) is 30.5 Å². The van der Waals surface area contributed by atoms with Gasteiger partial charge in [-0.05, 0) is 49.2 Å². The molecule has 0 radical (unpaired) electrons. The Balaban J connectivity index is 1.64. The van der Waals surface area contributed by atoms with Crippen molar-refractivity contribution in [3.05, 3.63) is 65.2 Å². The fourth-order valence-electron chi connectivity index (χ4n) is 4.20. The smallest absolute Gasteiger partial charge is 0.242 e. The van der Waals surface area contributed by atoms with Crippen molar-refractivity contribution in [2.45, 2.75) is 33.4 Å². The van der Waals surface area contributed by atoms with E-state index in [9.17, 15) is 4.79 Å². The van der Waals surface area contributed by atoms with Gasteiger partial charge in [-0.25, -0.2) is 0 Å². The van der Waals surface area contributed by atoms with E-state index in [2.05, 4.69) is 59.3 Å². The number of nitrogens with one attached hydrogen (secondary N) is 1. The third kappa shape index (κ3) is 7.08. The zero-order valence-electron chi connectivity index (χ0n) is 19.6. The number of amides is 1. The third-order valence-corrected chi connectivity index (χ3v) is 5.78. The SMILES string of the molecule is CC(C)CN1CCc2c(cccc2NCC(=O)N(CCN(C)C)Cc2ccccc2)C1. The largest absolute Gasteiger partial charge is 0.376 e. The van der Waals surface area contributed by atoms with Crippen molar-refractivity contribution < 1.29 is 4.79 Å². The van der Waals surface area contributed by atoms with Gasteiger partial charge in [0.2, 0.25) is 5.91 Å². The highest BCUT2D eigenvalue weighted by Gasteiger charge is 2.20. The van der Waals surface area contributed by atoms with E-state index in [1.54, 1.807) is 0 Å². The van der Waals surface area contributed by atoms with Crippen molar-refractivity contribution in [3.8, 4) is 0 Å².